The Bertz CT molecular complexity index is 1560. The van der Waals surface area contributed by atoms with Crippen molar-refractivity contribution in [2.75, 3.05) is 25.5 Å². The van der Waals surface area contributed by atoms with Crippen LogP contribution in [0.15, 0.2) is 42.5 Å². The fraction of sp³-hybridized carbons (Fsp3) is 0.600. The number of methoxy groups -OCH3 is 1. The van der Waals surface area contributed by atoms with Crippen LogP contribution >= 0.6 is 0 Å². The van der Waals surface area contributed by atoms with Crippen LogP contribution in [0.3, 0.4) is 0 Å². The highest BCUT2D eigenvalue weighted by molar-refractivity contribution is 7.90. The van der Waals surface area contributed by atoms with E-state index in [2.05, 4.69) is 16.0 Å². The van der Waals surface area contributed by atoms with Crippen LogP contribution in [0.1, 0.15) is 76.8 Å². The van der Waals surface area contributed by atoms with Crippen LogP contribution in [0.2, 0.25) is 0 Å². The predicted octanol–water partition coefficient (Wildman–Crippen LogP) is 5.09. The van der Waals surface area contributed by atoms with E-state index in [9.17, 15) is 22.4 Å². The highest BCUT2D eigenvalue weighted by Crippen LogP contribution is 2.40. The summed E-state index contributed by atoms with van der Waals surface area (Å²) in [6, 6.07) is 8.77. The van der Waals surface area contributed by atoms with Crippen molar-refractivity contribution in [1.29, 1.82) is 0 Å². The van der Waals surface area contributed by atoms with Gasteiger partial charge in [0.15, 0.2) is 0 Å². The topological polar surface area (TPSA) is 126 Å². The molecule has 2 aromatic carbocycles. The molecule has 3 aliphatic heterocycles. The number of alkyl carbamates (subject to hydrolysis) is 1. The number of carbonyl (C=O) groups is 2. The maximum absolute atomic E-state index is 15.5. The number of sulfonamides is 1. The van der Waals surface area contributed by atoms with Gasteiger partial charge in [0, 0.05) is 42.3 Å². The van der Waals surface area contributed by atoms with Gasteiger partial charge in [-0.25, -0.2) is 22.0 Å². The summed E-state index contributed by atoms with van der Waals surface area (Å²) >= 11 is 0. The Hall–Kier alpha value is -3.13. The van der Waals surface area contributed by atoms with E-state index in [1.807, 2.05) is 13.8 Å². The molecule has 2 bridgehead atoms. The molecule has 3 fully saturated rings. The maximum atomic E-state index is 15.5. The average Bonchev–Trinajstić information content (AvgIpc) is 3.09. The van der Waals surface area contributed by atoms with Crippen LogP contribution in [0.5, 0.6) is 0 Å². The fourth-order valence-corrected chi connectivity index (χ4v) is 9.62. The lowest BCUT2D eigenvalue weighted by atomic mass is 9.74. The minimum atomic E-state index is -3.60. The summed E-state index contributed by atoms with van der Waals surface area (Å²) in [4.78, 5) is 26.9. The van der Waals surface area contributed by atoms with E-state index in [-0.39, 0.29) is 47.9 Å². The molecule has 0 aliphatic carbocycles. The van der Waals surface area contributed by atoms with E-state index in [4.69, 9.17) is 9.47 Å². The first-order valence-corrected chi connectivity index (χ1v) is 18.2. The Kier molecular flexibility index (Phi) is 11.1. The third-order valence-electron chi connectivity index (χ3n) is 10.3. The summed E-state index contributed by atoms with van der Waals surface area (Å²) in [6.45, 7) is 8.22. The number of hydrogen-bond donors (Lipinski definition) is 3. The van der Waals surface area contributed by atoms with Gasteiger partial charge in [-0.2, -0.15) is 4.31 Å². The first kappa shape index (κ1) is 36.2. The third-order valence-corrected chi connectivity index (χ3v) is 12.9. The number of piperazine rings is 1. The van der Waals surface area contributed by atoms with Crippen molar-refractivity contribution in [3.05, 3.63) is 65.2 Å². The van der Waals surface area contributed by atoms with E-state index in [1.54, 1.807) is 36.4 Å². The standard InChI is InChI=1S/C35H48F2N4O6S/c1-21-17-24(18-22(2)47-21)31(23-9-11-25(36)12-10-23)32(40-34(43)46-5)33(42)39-30-8-6-7-29(37)28(30)14-13-27-19-38-26-15-16-35(3,4)48(44,45)41(27)20-26/h6-12,21-22,24,26-27,31-32,38H,13-20H2,1-5H3,(H,39,42)(H,40,43)/t21-,22+,24?,26-,27+,31+,32+/m1/s1. The lowest BCUT2D eigenvalue weighted by molar-refractivity contribution is -0.120. The number of rotatable bonds is 9. The Balaban J connectivity index is 1.43. The Labute approximate surface area is 282 Å². The summed E-state index contributed by atoms with van der Waals surface area (Å²) in [5, 5.41) is 9.05. The molecule has 3 aliphatic rings. The van der Waals surface area contributed by atoms with Crippen molar-refractivity contribution in [3.63, 3.8) is 0 Å². The fourth-order valence-electron chi connectivity index (χ4n) is 7.66. The normalized spacial score (nSPS) is 29.1. The molecule has 0 aromatic heterocycles. The van der Waals surface area contributed by atoms with Crippen LogP contribution in [0.25, 0.3) is 0 Å². The molecular weight excluding hydrogens is 642 g/mol. The lowest BCUT2D eigenvalue weighted by Gasteiger charge is -2.40. The van der Waals surface area contributed by atoms with E-state index in [0.717, 1.165) is 6.42 Å². The Morgan fingerprint density at radius 3 is 2.46 bits per heavy atom. The molecule has 2 aromatic rings. The van der Waals surface area contributed by atoms with Gasteiger partial charge < -0.3 is 25.4 Å². The molecule has 0 saturated carbocycles. The zero-order valence-corrected chi connectivity index (χ0v) is 29.1. The van der Waals surface area contributed by atoms with E-state index < -0.39 is 50.4 Å². The zero-order chi connectivity index (χ0) is 34.8. The zero-order valence-electron chi connectivity index (χ0n) is 28.3. The number of anilines is 1. The third kappa shape index (κ3) is 7.85. The average molecular weight is 691 g/mol. The monoisotopic (exact) mass is 690 g/mol. The van der Waals surface area contributed by atoms with E-state index >= 15 is 4.39 Å². The number of ether oxygens (including phenoxy) is 2. The van der Waals surface area contributed by atoms with E-state index in [1.165, 1.54) is 31.4 Å². The van der Waals surface area contributed by atoms with Crippen molar-refractivity contribution >= 4 is 27.7 Å². The predicted molar refractivity (Wildman–Crippen MR) is 179 cm³/mol. The van der Waals surface area contributed by atoms with Gasteiger partial charge in [-0.15, -0.1) is 0 Å². The number of hydrogen-bond acceptors (Lipinski definition) is 7. The molecule has 0 spiro atoms. The molecule has 13 heteroatoms. The van der Waals surface area contributed by atoms with Crippen molar-refractivity contribution < 1.29 is 36.3 Å². The number of fused-ring (bicyclic) bond motifs is 2. The quantitative estimate of drug-likeness (QED) is 0.335. The van der Waals surface area contributed by atoms with Gasteiger partial charge in [-0.3, -0.25) is 4.79 Å². The molecular formula is C35H48F2N4O6S. The summed E-state index contributed by atoms with van der Waals surface area (Å²) in [5.74, 6) is -2.27. The smallest absolute Gasteiger partial charge is 0.407 e. The summed E-state index contributed by atoms with van der Waals surface area (Å²) in [5.41, 5.74) is 1.12. The minimum Gasteiger partial charge on any atom is -0.453 e. The van der Waals surface area contributed by atoms with Gasteiger partial charge in [-0.05, 0) is 102 Å². The SMILES string of the molecule is COC(=O)N[C@H](C(=O)Nc1cccc(F)c1CC[C@H]1CN[C@@H]2CCC(C)(C)S(=O)(=O)N1C2)[C@@H](c1ccc(F)cc1)C1C[C@@H](C)O[C@@H](C)C1. The van der Waals surface area contributed by atoms with Crippen molar-refractivity contribution in [2.45, 2.75) is 107 Å². The van der Waals surface area contributed by atoms with Crippen LogP contribution < -0.4 is 16.0 Å². The molecule has 5 rings (SSSR count). The molecule has 3 heterocycles. The molecule has 3 N–H and O–H groups in total. The molecule has 0 radical (unpaired) electrons. The lowest BCUT2D eigenvalue weighted by Crippen LogP contribution is -2.58. The van der Waals surface area contributed by atoms with Gasteiger partial charge in [0.2, 0.25) is 15.9 Å². The maximum Gasteiger partial charge on any atom is 0.407 e. The van der Waals surface area contributed by atoms with Gasteiger partial charge >= 0.3 is 6.09 Å². The van der Waals surface area contributed by atoms with E-state index in [0.29, 0.717) is 44.3 Å². The van der Waals surface area contributed by atoms with Gasteiger partial charge in [0.1, 0.15) is 17.7 Å². The molecule has 2 amide bonds. The number of halogens is 2. The molecule has 3 saturated heterocycles. The van der Waals surface area contributed by atoms with Crippen molar-refractivity contribution in [2.24, 2.45) is 5.92 Å². The number of nitrogens with zero attached hydrogens (tertiary/aromatic N) is 1. The molecule has 8 atom stereocenters. The second-order valence-electron chi connectivity index (χ2n) is 14.1. The summed E-state index contributed by atoms with van der Waals surface area (Å²) < 4.78 is 68.3. The molecule has 48 heavy (non-hydrogen) atoms. The number of benzene rings is 2. The van der Waals surface area contributed by atoms with Crippen LogP contribution in [-0.2, 0) is 30.7 Å². The summed E-state index contributed by atoms with van der Waals surface area (Å²) in [7, 11) is -2.40. The van der Waals surface area contributed by atoms with Crippen molar-refractivity contribution in [3.8, 4) is 0 Å². The van der Waals surface area contributed by atoms with Crippen LogP contribution in [-0.4, -0.2) is 80.0 Å². The highest BCUT2D eigenvalue weighted by Gasteiger charge is 2.47. The molecule has 264 valence electrons. The second-order valence-corrected chi connectivity index (χ2v) is 16.6. The number of nitrogens with one attached hydrogen (secondary N) is 3. The van der Waals surface area contributed by atoms with Crippen molar-refractivity contribution in [1.82, 2.24) is 14.9 Å². The van der Waals surface area contributed by atoms with Gasteiger partial charge in [0.25, 0.3) is 0 Å². The Morgan fingerprint density at radius 1 is 1.10 bits per heavy atom. The first-order chi connectivity index (χ1) is 22.7. The molecule has 2 unspecified atom stereocenters. The largest absolute Gasteiger partial charge is 0.453 e. The van der Waals surface area contributed by atoms with Crippen LogP contribution in [0.4, 0.5) is 19.3 Å². The first-order valence-electron chi connectivity index (χ1n) is 16.8. The minimum absolute atomic E-state index is 0.0658. The molecule has 10 nitrogen and oxygen atoms in total. The van der Waals surface area contributed by atoms with Gasteiger partial charge in [0.05, 0.1) is 24.1 Å². The van der Waals surface area contributed by atoms with Gasteiger partial charge in [-0.1, -0.05) is 18.2 Å². The number of carbonyl (C=O) groups excluding carboxylic acids is 2. The number of amides is 2. The van der Waals surface area contributed by atoms with Crippen LogP contribution in [0, 0.1) is 17.6 Å². The second kappa shape index (κ2) is 14.8. The highest BCUT2D eigenvalue weighted by atomic mass is 32.2. The summed E-state index contributed by atoms with van der Waals surface area (Å²) in [6.07, 6.45) is 1.95. The Morgan fingerprint density at radius 2 is 1.79 bits per heavy atom.